The molecule has 3 nitrogen and oxygen atoms in total. The predicted molar refractivity (Wildman–Crippen MR) is 89.9 cm³/mol. The predicted octanol–water partition coefficient (Wildman–Crippen LogP) is 4.33. The van der Waals surface area contributed by atoms with Crippen LogP contribution in [0.1, 0.15) is 30.5 Å². The van der Waals surface area contributed by atoms with Gasteiger partial charge in [0.25, 0.3) is 0 Å². The molecule has 5 heteroatoms. The molecule has 0 aliphatic heterocycles. The molecule has 0 radical (unpaired) electrons. The van der Waals surface area contributed by atoms with E-state index >= 15 is 0 Å². The third kappa shape index (κ3) is 4.58. The molecule has 1 unspecified atom stereocenters. The van der Waals surface area contributed by atoms with Crippen molar-refractivity contribution in [3.05, 3.63) is 50.6 Å². The Morgan fingerprint density at radius 1 is 1.43 bits per heavy atom. The van der Waals surface area contributed by atoms with Crippen LogP contribution in [-0.2, 0) is 11.2 Å². The van der Waals surface area contributed by atoms with Gasteiger partial charge in [0.15, 0.2) is 0 Å². The minimum absolute atomic E-state index is 0.0258. The Hall–Kier alpha value is -1.33. The summed E-state index contributed by atoms with van der Waals surface area (Å²) in [6.45, 7) is 1.98. The second kappa shape index (κ2) is 7.61. The quantitative estimate of drug-likeness (QED) is 0.824. The smallest absolute Gasteiger partial charge is 0.220 e. The van der Waals surface area contributed by atoms with Crippen LogP contribution in [-0.4, -0.2) is 13.0 Å². The number of carbonyl (C=O) groups is 1. The average molecular weight is 368 g/mol. The Balaban J connectivity index is 1.89. The van der Waals surface area contributed by atoms with E-state index in [1.807, 2.05) is 30.5 Å². The highest BCUT2D eigenvalue weighted by Crippen LogP contribution is 2.28. The molecule has 112 valence electrons. The van der Waals surface area contributed by atoms with Gasteiger partial charge in [-0.1, -0.05) is 6.07 Å². The maximum absolute atomic E-state index is 12.0. The lowest BCUT2D eigenvalue weighted by atomic mass is 10.1. The lowest BCUT2D eigenvalue weighted by Crippen LogP contribution is -2.26. The fraction of sp³-hybridized carbons (Fsp3) is 0.312. The van der Waals surface area contributed by atoms with E-state index in [1.165, 1.54) is 5.56 Å². The van der Waals surface area contributed by atoms with E-state index in [4.69, 9.17) is 4.74 Å². The summed E-state index contributed by atoms with van der Waals surface area (Å²) in [5.41, 5.74) is 2.27. The highest BCUT2D eigenvalue weighted by atomic mass is 79.9. The molecule has 0 bridgehead atoms. The molecule has 0 aliphatic carbocycles. The van der Waals surface area contributed by atoms with Crippen LogP contribution >= 0.6 is 27.3 Å². The summed E-state index contributed by atoms with van der Waals surface area (Å²) in [4.78, 5) is 12.0. The first-order valence-corrected chi connectivity index (χ1v) is 8.47. The topological polar surface area (TPSA) is 38.3 Å². The molecule has 0 fully saturated rings. The zero-order chi connectivity index (χ0) is 15.2. The minimum Gasteiger partial charge on any atom is -0.496 e. The minimum atomic E-state index is -0.0258. The third-order valence-electron chi connectivity index (χ3n) is 3.27. The van der Waals surface area contributed by atoms with Gasteiger partial charge in [0, 0.05) is 6.42 Å². The SMILES string of the molecule is COc1ccc(C(C)NC(=O)CCc2ccsc2)cc1Br. The summed E-state index contributed by atoms with van der Waals surface area (Å²) in [7, 11) is 1.63. The summed E-state index contributed by atoms with van der Waals surface area (Å²) in [5, 5.41) is 7.14. The van der Waals surface area contributed by atoms with Crippen molar-refractivity contribution in [2.24, 2.45) is 0 Å². The average Bonchev–Trinajstić information content (AvgIpc) is 2.98. The Morgan fingerprint density at radius 2 is 2.24 bits per heavy atom. The van der Waals surface area contributed by atoms with E-state index in [0.717, 1.165) is 22.2 Å². The Kier molecular flexibility index (Phi) is 5.82. The normalized spacial score (nSPS) is 12.0. The molecule has 21 heavy (non-hydrogen) atoms. The number of hydrogen-bond donors (Lipinski definition) is 1. The monoisotopic (exact) mass is 367 g/mol. The number of aryl methyl sites for hydroxylation is 1. The molecule has 1 atom stereocenters. The zero-order valence-corrected chi connectivity index (χ0v) is 14.5. The second-order valence-electron chi connectivity index (χ2n) is 4.81. The van der Waals surface area contributed by atoms with E-state index < -0.39 is 0 Å². The molecule has 0 saturated heterocycles. The van der Waals surface area contributed by atoms with Crippen molar-refractivity contribution in [3.8, 4) is 5.75 Å². The van der Waals surface area contributed by atoms with Crippen LogP contribution in [0.4, 0.5) is 0 Å². The summed E-state index contributed by atoms with van der Waals surface area (Å²) in [5.74, 6) is 0.857. The molecule has 1 amide bonds. The number of carbonyl (C=O) groups excluding carboxylic acids is 1. The Morgan fingerprint density at radius 3 is 2.86 bits per heavy atom. The molecule has 2 rings (SSSR count). The summed E-state index contributed by atoms with van der Waals surface area (Å²) >= 11 is 5.12. The second-order valence-corrected chi connectivity index (χ2v) is 6.45. The fourth-order valence-corrected chi connectivity index (χ4v) is 3.30. The van der Waals surface area contributed by atoms with Crippen LogP contribution in [0.5, 0.6) is 5.75 Å². The maximum Gasteiger partial charge on any atom is 0.220 e. The standard InChI is InChI=1S/C16H18BrNO2S/c1-11(13-4-5-15(20-2)14(17)9-13)18-16(19)6-3-12-7-8-21-10-12/h4-5,7-11H,3,6H2,1-2H3,(H,18,19). The van der Waals surface area contributed by atoms with Gasteiger partial charge in [0.05, 0.1) is 17.6 Å². The van der Waals surface area contributed by atoms with Gasteiger partial charge in [0.2, 0.25) is 5.91 Å². The van der Waals surface area contributed by atoms with Crippen LogP contribution in [0.3, 0.4) is 0 Å². The number of amides is 1. The van der Waals surface area contributed by atoms with Gasteiger partial charge in [-0.3, -0.25) is 4.79 Å². The van der Waals surface area contributed by atoms with Crippen molar-refractivity contribution in [3.63, 3.8) is 0 Å². The van der Waals surface area contributed by atoms with Gasteiger partial charge in [-0.05, 0) is 69.4 Å². The maximum atomic E-state index is 12.0. The number of ether oxygens (including phenoxy) is 1. The number of rotatable bonds is 6. The van der Waals surface area contributed by atoms with Crippen molar-refractivity contribution >= 4 is 33.2 Å². The molecular weight excluding hydrogens is 350 g/mol. The number of thiophene rings is 1. The number of methoxy groups -OCH3 is 1. The van der Waals surface area contributed by atoms with Gasteiger partial charge >= 0.3 is 0 Å². The van der Waals surface area contributed by atoms with Crippen LogP contribution in [0, 0.1) is 0 Å². The lowest BCUT2D eigenvalue weighted by molar-refractivity contribution is -0.121. The fourth-order valence-electron chi connectivity index (χ4n) is 2.04. The van der Waals surface area contributed by atoms with Crippen molar-refractivity contribution in [1.29, 1.82) is 0 Å². The van der Waals surface area contributed by atoms with Gasteiger partial charge < -0.3 is 10.1 Å². The molecule has 1 aromatic heterocycles. The van der Waals surface area contributed by atoms with Gasteiger partial charge in [-0.15, -0.1) is 0 Å². The van der Waals surface area contributed by atoms with Crippen LogP contribution in [0.2, 0.25) is 0 Å². The summed E-state index contributed by atoms with van der Waals surface area (Å²) in [6, 6.07) is 7.87. The lowest BCUT2D eigenvalue weighted by Gasteiger charge is -2.15. The zero-order valence-electron chi connectivity index (χ0n) is 12.1. The largest absolute Gasteiger partial charge is 0.496 e. The van der Waals surface area contributed by atoms with Crippen LogP contribution in [0.15, 0.2) is 39.5 Å². The number of hydrogen-bond acceptors (Lipinski definition) is 3. The molecular formula is C16H18BrNO2S. The van der Waals surface area contributed by atoms with Crippen molar-refractivity contribution in [2.75, 3.05) is 7.11 Å². The van der Waals surface area contributed by atoms with Gasteiger partial charge in [-0.25, -0.2) is 0 Å². The van der Waals surface area contributed by atoms with Crippen LogP contribution in [0.25, 0.3) is 0 Å². The Bertz CT molecular complexity index is 598. The number of halogens is 1. The van der Waals surface area contributed by atoms with E-state index in [2.05, 4.69) is 32.7 Å². The number of benzene rings is 1. The highest BCUT2D eigenvalue weighted by molar-refractivity contribution is 9.10. The van der Waals surface area contributed by atoms with Gasteiger partial charge in [-0.2, -0.15) is 11.3 Å². The van der Waals surface area contributed by atoms with E-state index in [-0.39, 0.29) is 11.9 Å². The van der Waals surface area contributed by atoms with E-state index in [9.17, 15) is 4.79 Å². The molecule has 0 saturated carbocycles. The first-order chi connectivity index (χ1) is 10.1. The molecule has 0 aliphatic rings. The van der Waals surface area contributed by atoms with Crippen molar-refractivity contribution < 1.29 is 9.53 Å². The number of nitrogens with one attached hydrogen (secondary N) is 1. The highest BCUT2D eigenvalue weighted by Gasteiger charge is 2.11. The first kappa shape index (κ1) is 16.0. The molecule has 1 heterocycles. The third-order valence-corrected chi connectivity index (χ3v) is 4.63. The summed E-state index contributed by atoms with van der Waals surface area (Å²) < 4.78 is 6.10. The van der Waals surface area contributed by atoms with Gasteiger partial charge in [0.1, 0.15) is 5.75 Å². The molecule has 1 N–H and O–H groups in total. The molecule has 1 aromatic carbocycles. The van der Waals surface area contributed by atoms with E-state index in [0.29, 0.717) is 6.42 Å². The van der Waals surface area contributed by atoms with Crippen LogP contribution < -0.4 is 10.1 Å². The molecule has 2 aromatic rings. The Labute approximate surface area is 137 Å². The van der Waals surface area contributed by atoms with E-state index in [1.54, 1.807) is 18.4 Å². The first-order valence-electron chi connectivity index (χ1n) is 6.74. The molecule has 0 spiro atoms. The summed E-state index contributed by atoms with van der Waals surface area (Å²) in [6.07, 6.45) is 1.30. The van der Waals surface area contributed by atoms with Crippen molar-refractivity contribution in [1.82, 2.24) is 5.32 Å². The van der Waals surface area contributed by atoms with Crippen molar-refractivity contribution in [2.45, 2.75) is 25.8 Å².